The number of hydrogen-bond acceptors (Lipinski definition) is 7. The zero-order valence-corrected chi connectivity index (χ0v) is 12.6. The summed E-state index contributed by atoms with van der Waals surface area (Å²) in [5.74, 6) is 2.32. The number of aryl methyl sites for hydroxylation is 2. The lowest BCUT2D eigenvalue weighted by Crippen LogP contribution is -2.06. The third-order valence-electron chi connectivity index (χ3n) is 2.53. The van der Waals surface area contributed by atoms with Crippen LogP contribution in [0.4, 0.5) is 17.3 Å². The van der Waals surface area contributed by atoms with Crippen LogP contribution >= 0.6 is 21.3 Å². The predicted molar refractivity (Wildman–Crippen MR) is 80.6 cm³/mol. The fourth-order valence-electron chi connectivity index (χ4n) is 1.62. The molecule has 0 radical (unpaired) electrons. The summed E-state index contributed by atoms with van der Waals surface area (Å²) in [7, 11) is 0. The molecular formula is C11H12IN7. The van der Waals surface area contributed by atoms with Gasteiger partial charge in [0.15, 0.2) is 17.3 Å². The summed E-state index contributed by atoms with van der Waals surface area (Å²) >= 11 is -0.384. The molecule has 7 nitrogen and oxygen atoms in total. The van der Waals surface area contributed by atoms with E-state index in [4.69, 9.17) is 0 Å². The highest BCUT2D eigenvalue weighted by Gasteiger charge is 2.16. The summed E-state index contributed by atoms with van der Waals surface area (Å²) in [5.41, 5.74) is 2.61. The van der Waals surface area contributed by atoms with Gasteiger partial charge in [-0.2, -0.15) is 3.15 Å². The Morgan fingerprint density at radius 3 is 2.89 bits per heavy atom. The van der Waals surface area contributed by atoms with Gasteiger partial charge in [0.1, 0.15) is 27.1 Å². The van der Waals surface area contributed by atoms with Gasteiger partial charge in [-0.3, -0.25) is 9.97 Å². The molecule has 19 heavy (non-hydrogen) atoms. The second-order valence-corrected chi connectivity index (χ2v) is 5.59. The van der Waals surface area contributed by atoms with Crippen molar-refractivity contribution in [1.82, 2.24) is 19.9 Å². The SMILES string of the molecule is Cc1cnc(CNc2nc(C)nc3c2N=IN3)cn1. The van der Waals surface area contributed by atoms with Crippen molar-refractivity contribution in [1.29, 1.82) is 0 Å². The zero-order valence-electron chi connectivity index (χ0n) is 10.5. The first kappa shape index (κ1) is 12.3. The Labute approximate surface area is 120 Å². The van der Waals surface area contributed by atoms with E-state index >= 15 is 0 Å². The number of nitrogens with one attached hydrogen (secondary N) is 2. The van der Waals surface area contributed by atoms with Crippen LogP contribution in [-0.2, 0) is 6.54 Å². The van der Waals surface area contributed by atoms with Gasteiger partial charge in [-0.05, 0) is 13.8 Å². The van der Waals surface area contributed by atoms with E-state index in [1.807, 2.05) is 13.8 Å². The normalized spacial score (nSPS) is 12.5. The van der Waals surface area contributed by atoms with Crippen LogP contribution in [0.5, 0.6) is 0 Å². The molecule has 0 spiro atoms. The van der Waals surface area contributed by atoms with Crippen molar-refractivity contribution in [2.75, 3.05) is 8.85 Å². The zero-order chi connectivity index (χ0) is 13.2. The molecule has 0 fully saturated rings. The third kappa shape index (κ3) is 2.67. The smallest absolute Gasteiger partial charge is 0.167 e. The highest BCUT2D eigenvalue weighted by molar-refractivity contribution is 14.2. The molecular weight excluding hydrogens is 357 g/mol. The number of anilines is 2. The molecule has 8 heteroatoms. The Morgan fingerprint density at radius 2 is 2.11 bits per heavy atom. The van der Waals surface area contributed by atoms with E-state index in [-0.39, 0.29) is 21.3 Å². The maximum absolute atomic E-state index is 4.44. The topological polar surface area (TPSA) is 88.0 Å². The first-order valence-corrected chi connectivity index (χ1v) is 7.77. The molecule has 1 aliphatic rings. The first-order valence-electron chi connectivity index (χ1n) is 5.72. The van der Waals surface area contributed by atoms with Crippen molar-refractivity contribution < 1.29 is 0 Å². The average Bonchev–Trinajstić information content (AvgIpc) is 2.85. The molecule has 2 aromatic heterocycles. The third-order valence-corrected chi connectivity index (χ3v) is 4.00. The molecule has 0 aliphatic carbocycles. The van der Waals surface area contributed by atoms with Gasteiger partial charge in [-0.1, -0.05) is 0 Å². The number of aromatic nitrogens is 4. The van der Waals surface area contributed by atoms with Crippen molar-refractivity contribution in [2.45, 2.75) is 20.4 Å². The van der Waals surface area contributed by atoms with E-state index in [1.165, 1.54) is 0 Å². The summed E-state index contributed by atoms with van der Waals surface area (Å²) in [6, 6.07) is 0. The summed E-state index contributed by atoms with van der Waals surface area (Å²) in [4.78, 5) is 17.2. The van der Waals surface area contributed by atoms with E-state index in [0.717, 1.165) is 34.5 Å². The molecule has 2 N–H and O–H groups in total. The predicted octanol–water partition coefficient (Wildman–Crippen LogP) is 2.62. The van der Waals surface area contributed by atoms with Gasteiger partial charge in [0.25, 0.3) is 0 Å². The highest BCUT2D eigenvalue weighted by atomic mass is 127. The number of hydrogen-bond donors (Lipinski definition) is 2. The minimum atomic E-state index is -0.384. The Balaban J connectivity index is 1.80. The van der Waals surface area contributed by atoms with Gasteiger partial charge in [0, 0.05) is 6.20 Å². The van der Waals surface area contributed by atoms with Crippen LogP contribution < -0.4 is 8.85 Å². The molecule has 0 amide bonds. The van der Waals surface area contributed by atoms with Crippen molar-refractivity contribution >= 4 is 38.6 Å². The molecule has 3 heterocycles. The Hall–Kier alpha value is -1.71. The van der Waals surface area contributed by atoms with E-state index in [9.17, 15) is 0 Å². The van der Waals surface area contributed by atoms with Gasteiger partial charge < -0.3 is 8.85 Å². The fourth-order valence-corrected chi connectivity index (χ4v) is 3.05. The van der Waals surface area contributed by atoms with Crippen LogP contribution in [0.1, 0.15) is 17.2 Å². The molecule has 3 rings (SSSR count). The number of fused-ring (bicyclic) bond motifs is 1. The number of halogens is 1. The van der Waals surface area contributed by atoms with Gasteiger partial charge in [0.05, 0.1) is 24.1 Å². The highest BCUT2D eigenvalue weighted by Crippen LogP contribution is 2.39. The lowest BCUT2D eigenvalue weighted by molar-refractivity contribution is 0.965. The summed E-state index contributed by atoms with van der Waals surface area (Å²) in [6.45, 7) is 4.36. The molecule has 0 saturated heterocycles. The maximum atomic E-state index is 4.44. The van der Waals surface area contributed by atoms with Gasteiger partial charge in [-0.25, -0.2) is 9.97 Å². The molecule has 2 aromatic rings. The summed E-state index contributed by atoms with van der Waals surface area (Å²) in [6.07, 6.45) is 3.52. The standard InChI is InChI=1S/C11H12IN7/c1-6-3-14-8(4-13-6)5-15-10-9-11(19-12-18-9)17-7(2)16-10/h3-4H,5H2,1-2H3,(H2,15,16,17,18,19). The van der Waals surface area contributed by atoms with E-state index in [1.54, 1.807) is 12.4 Å². The molecule has 0 bridgehead atoms. The minimum absolute atomic E-state index is 0.384. The lowest BCUT2D eigenvalue weighted by Gasteiger charge is -2.08. The Bertz CT molecular complexity index is 638. The van der Waals surface area contributed by atoms with Crippen molar-refractivity contribution in [3.8, 4) is 0 Å². The van der Waals surface area contributed by atoms with E-state index in [0.29, 0.717) is 6.54 Å². The fraction of sp³-hybridized carbons (Fsp3) is 0.273. The van der Waals surface area contributed by atoms with Crippen LogP contribution in [0.2, 0.25) is 0 Å². The molecule has 0 saturated carbocycles. The van der Waals surface area contributed by atoms with Crippen LogP contribution in [0.25, 0.3) is 0 Å². The van der Waals surface area contributed by atoms with Crippen molar-refractivity contribution in [3.05, 3.63) is 29.6 Å². The second-order valence-electron chi connectivity index (χ2n) is 4.08. The minimum Gasteiger partial charge on any atom is -0.362 e. The Kier molecular flexibility index (Phi) is 3.32. The second kappa shape index (κ2) is 5.11. The number of rotatable bonds is 3. The summed E-state index contributed by atoms with van der Waals surface area (Å²) in [5, 5.41) is 3.25. The molecule has 1 aliphatic heterocycles. The van der Waals surface area contributed by atoms with Crippen molar-refractivity contribution in [3.63, 3.8) is 0 Å². The largest absolute Gasteiger partial charge is 0.362 e. The van der Waals surface area contributed by atoms with Crippen LogP contribution in [-0.4, -0.2) is 19.9 Å². The maximum Gasteiger partial charge on any atom is 0.167 e. The summed E-state index contributed by atoms with van der Waals surface area (Å²) < 4.78 is 7.65. The van der Waals surface area contributed by atoms with Crippen LogP contribution in [0, 0.1) is 13.8 Å². The van der Waals surface area contributed by atoms with Gasteiger partial charge in [-0.15, -0.1) is 0 Å². The average molecular weight is 369 g/mol. The molecule has 98 valence electrons. The van der Waals surface area contributed by atoms with E-state index in [2.05, 4.69) is 31.9 Å². The molecule has 0 atom stereocenters. The lowest BCUT2D eigenvalue weighted by atomic mass is 10.4. The molecule has 0 aromatic carbocycles. The van der Waals surface area contributed by atoms with Crippen LogP contribution in [0.15, 0.2) is 15.5 Å². The van der Waals surface area contributed by atoms with Crippen LogP contribution in [0.3, 0.4) is 0 Å². The first-order chi connectivity index (χ1) is 9.22. The van der Waals surface area contributed by atoms with Gasteiger partial charge >= 0.3 is 0 Å². The number of nitrogens with zero attached hydrogens (tertiary/aromatic N) is 5. The van der Waals surface area contributed by atoms with E-state index < -0.39 is 0 Å². The molecule has 0 unspecified atom stereocenters. The van der Waals surface area contributed by atoms with Gasteiger partial charge in [0.2, 0.25) is 0 Å². The monoisotopic (exact) mass is 369 g/mol. The quantitative estimate of drug-likeness (QED) is 0.639. The Morgan fingerprint density at radius 1 is 1.21 bits per heavy atom. The van der Waals surface area contributed by atoms with Crippen molar-refractivity contribution in [2.24, 2.45) is 3.15 Å².